The highest BCUT2D eigenvalue weighted by molar-refractivity contribution is 7.18. The number of thiazole rings is 1. The van der Waals surface area contributed by atoms with Crippen molar-refractivity contribution >= 4 is 55.1 Å². The van der Waals surface area contributed by atoms with E-state index in [0.29, 0.717) is 17.3 Å². The molecule has 2 N–H and O–H groups in total. The Kier molecular flexibility index (Phi) is 4.81. The van der Waals surface area contributed by atoms with Crippen LogP contribution in [0.5, 0.6) is 0 Å². The fourth-order valence-electron chi connectivity index (χ4n) is 5.25. The summed E-state index contributed by atoms with van der Waals surface area (Å²) in [4.78, 5) is 25.2. The molecule has 2 aromatic carbocycles. The predicted molar refractivity (Wildman–Crippen MR) is 137 cm³/mol. The number of hydrogen-bond donors (Lipinski definition) is 1. The molecule has 8 heteroatoms. The first-order chi connectivity index (χ1) is 16.4. The van der Waals surface area contributed by atoms with Crippen molar-refractivity contribution < 1.29 is 4.79 Å². The van der Waals surface area contributed by atoms with E-state index in [0.717, 1.165) is 57.3 Å². The SMILES string of the molecule is Cc1nc2cc([C@H]3CC[C@H](C)CN3C(=O)c3ccc4nc(N)c5cnn(C)c5c4c3)ccc2s1. The van der Waals surface area contributed by atoms with Crippen molar-refractivity contribution in [1.29, 1.82) is 0 Å². The van der Waals surface area contributed by atoms with Gasteiger partial charge in [0.25, 0.3) is 5.91 Å². The molecule has 0 radical (unpaired) electrons. The van der Waals surface area contributed by atoms with Gasteiger partial charge in [-0.1, -0.05) is 13.0 Å². The highest BCUT2D eigenvalue weighted by Gasteiger charge is 2.32. The van der Waals surface area contributed by atoms with Gasteiger partial charge in [0.15, 0.2) is 0 Å². The van der Waals surface area contributed by atoms with E-state index in [1.165, 1.54) is 4.70 Å². The summed E-state index contributed by atoms with van der Waals surface area (Å²) in [7, 11) is 1.88. The van der Waals surface area contributed by atoms with Gasteiger partial charge in [-0.15, -0.1) is 11.3 Å². The number of aromatic nitrogens is 4. The number of nitrogen functional groups attached to an aromatic ring is 1. The lowest BCUT2D eigenvalue weighted by Crippen LogP contribution is -2.41. The van der Waals surface area contributed by atoms with Gasteiger partial charge in [0.1, 0.15) is 5.82 Å². The Morgan fingerprint density at radius 2 is 1.94 bits per heavy atom. The van der Waals surface area contributed by atoms with E-state index in [1.54, 1.807) is 22.2 Å². The van der Waals surface area contributed by atoms with Crippen LogP contribution in [0.2, 0.25) is 0 Å². The number of carbonyl (C=O) groups is 1. The van der Waals surface area contributed by atoms with Crippen molar-refractivity contribution in [2.24, 2.45) is 13.0 Å². The second-order valence-electron chi connectivity index (χ2n) is 9.38. The lowest BCUT2D eigenvalue weighted by Gasteiger charge is -2.39. The molecule has 1 fully saturated rings. The van der Waals surface area contributed by atoms with Gasteiger partial charge in [0.05, 0.1) is 43.9 Å². The van der Waals surface area contributed by atoms with Crippen LogP contribution in [-0.2, 0) is 7.05 Å². The Bertz CT molecular complexity index is 1590. The van der Waals surface area contributed by atoms with Gasteiger partial charge in [0.2, 0.25) is 0 Å². The van der Waals surface area contributed by atoms with E-state index in [1.807, 2.05) is 37.1 Å². The van der Waals surface area contributed by atoms with Gasteiger partial charge in [-0.3, -0.25) is 9.48 Å². The number of carbonyl (C=O) groups excluding carboxylic acids is 1. The first-order valence-corrected chi connectivity index (χ1v) is 12.4. The van der Waals surface area contributed by atoms with E-state index in [4.69, 9.17) is 5.73 Å². The minimum absolute atomic E-state index is 0.0343. The Labute approximate surface area is 201 Å². The Balaban J connectivity index is 1.43. The molecule has 0 spiro atoms. The number of amides is 1. The lowest BCUT2D eigenvalue weighted by molar-refractivity contribution is 0.0545. The minimum Gasteiger partial charge on any atom is -0.383 e. The van der Waals surface area contributed by atoms with Crippen LogP contribution in [0.3, 0.4) is 0 Å². The number of fused-ring (bicyclic) bond motifs is 4. The zero-order chi connectivity index (χ0) is 23.6. The average Bonchev–Trinajstić information content (AvgIpc) is 3.40. The third-order valence-corrected chi connectivity index (χ3v) is 7.89. The second kappa shape index (κ2) is 7.77. The van der Waals surface area contributed by atoms with Gasteiger partial charge >= 0.3 is 0 Å². The van der Waals surface area contributed by atoms with Gasteiger partial charge in [-0.05, 0) is 61.6 Å². The molecular weight excluding hydrogens is 444 g/mol. The normalized spacial score (nSPS) is 18.9. The summed E-state index contributed by atoms with van der Waals surface area (Å²) in [6, 6.07) is 12.2. The molecule has 0 aliphatic carbocycles. The summed E-state index contributed by atoms with van der Waals surface area (Å²) < 4.78 is 2.98. The van der Waals surface area contributed by atoms with Gasteiger partial charge < -0.3 is 10.6 Å². The van der Waals surface area contributed by atoms with E-state index in [2.05, 4.69) is 40.2 Å². The molecule has 0 bridgehead atoms. The number of benzene rings is 2. The molecule has 1 saturated heterocycles. The third kappa shape index (κ3) is 3.32. The topological polar surface area (TPSA) is 89.9 Å². The first kappa shape index (κ1) is 21.0. The summed E-state index contributed by atoms with van der Waals surface area (Å²) in [5, 5.41) is 7.10. The van der Waals surface area contributed by atoms with Crippen molar-refractivity contribution in [3.63, 3.8) is 0 Å². The molecule has 1 aliphatic heterocycles. The zero-order valence-corrected chi connectivity index (χ0v) is 20.3. The van der Waals surface area contributed by atoms with E-state index < -0.39 is 0 Å². The number of aryl methyl sites for hydroxylation is 2. The molecular formula is C26H26N6OS. The van der Waals surface area contributed by atoms with E-state index >= 15 is 0 Å². The van der Waals surface area contributed by atoms with Gasteiger partial charge in [-0.2, -0.15) is 5.10 Å². The number of anilines is 1. The smallest absolute Gasteiger partial charge is 0.254 e. The second-order valence-corrected chi connectivity index (χ2v) is 10.6. The molecule has 172 valence electrons. The van der Waals surface area contributed by atoms with Crippen LogP contribution in [0.4, 0.5) is 5.82 Å². The van der Waals surface area contributed by atoms with Crippen LogP contribution >= 0.6 is 11.3 Å². The molecule has 5 aromatic rings. The standard InChI is InChI=1S/C26H26N6OS/c1-14-4-8-22(16-6-9-23-21(11-16)29-15(2)34-23)32(13-14)26(33)17-5-7-20-18(10-17)24-19(25(27)30-20)12-28-31(24)3/h5-7,9-12,14,22H,4,8,13H2,1-3H3,(H2,27,30)/t14-,22+/m0/s1. The average molecular weight is 471 g/mol. The van der Waals surface area contributed by atoms with E-state index in [9.17, 15) is 4.79 Å². The summed E-state index contributed by atoms with van der Waals surface area (Å²) in [5.74, 6) is 0.948. The van der Waals surface area contributed by atoms with Crippen LogP contribution in [0, 0.1) is 12.8 Å². The molecule has 1 aliphatic rings. The Morgan fingerprint density at radius 1 is 1.09 bits per heavy atom. The van der Waals surface area contributed by atoms with Crippen molar-refractivity contribution in [1.82, 2.24) is 24.6 Å². The summed E-state index contributed by atoms with van der Waals surface area (Å²) in [6.45, 7) is 4.98. The highest BCUT2D eigenvalue weighted by Crippen LogP contribution is 2.37. The maximum atomic E-state index is 13.9. The molecule has 3 aromatic heterocycles. The van der Waals surface area contributed by atoms with Crippen molar-refractivity contribution in [2.75, 3.05) is 12.3 Å². The van der Waals surface area contributed by atoms with Crippen molar-refractivity contribution in [3.8, 4) is 0 Å². The fourth-order valence-corrected chi connectivity index (χ4v) is 6.05. The lowest BCUT2D eigenvalue weighted by atomic mass is 9.89. The molecule has 34 heavy (non-hydrogen) atoms. The number of hydrogen-bond acceptors (Lipinski definition) is 6. The predicted octanol–water partition coefficient (Wildman–Crippen LogP) is 5.24. The quantitative estimate of drug-likeness (QED) is 0.381. The number of likely N-dealkylation sites (tertiary alicyclic amines) is 1. The number of nitrogens with two attached hydrogens (primary N) is 1. The maximum Gasteiger partial charge on any atom is 0.254 e. The summed E-state index contributed by atoms with van der Waals surface area (Å²) in [6.07, 6.45) is 3.77. The number of nitrogens with zero attached hydrogens (tertiary/aromatic N) is 5. The first-order valence-electron chi connectivity index (χ1n) is 11.6. The fraction of sp³-hybridized carbons (Fsp3) is 0.308. The van der Waals surface area contributed by atoms with Gasteiger partial charge in [-0.25, -0.2) is 9.97 Å². The molecule has 0 saturated carbocycles. The summed E-state index contributed by atoms with van der Waals surface area (Å²) >= 11 is 1.70. The molecule has 4 heterocycles. The van der Waals surface area contributed by atoms with Crippen LogP contribution in [0.1, 0.15) is 46.7 Å². The summed E-state index contributed by atoms with van der Waals surface area (Å²) in [5.41, 5.74) is 10.6. The zero-order valence-electron chi connectivity index (χ0n) is 19.4. The molecule has 1 amide bonds. The van der Waals surface area contributed by atoms with Gasteiger partial charge in [0, 0.05) is 24.5 Å². The van der Waals surface area contributed by atoms with E-state index in [-0.39, 0.29) is 11.9 Å². The monoisotopic (exact) mass is 470 g/mol. The molecule has 2 atom stereocenters. The third-order valence-electron chi connectivity index (χ3n) is 6.94. The van der Waals surface area contributed by atoms with Crippen LogP contribution in [0.15, 0.2) is 42.6 Å². The number of rotatable bonds is 2. The number of pyridine rings is 1. The molecule has 6 rings (SSSR count). The minimum atomic E-state index is 0.0343. The largest absolute Gasteiger partial charge is 0.383 e. The van der Waals surface area contributed by atoms with Crippen LogP contribution < -0.4 is 5.73 Å². The molecule has 7 nitrogen and oxygen atoms in total. The maximum absolute atomic E-state index is 13.9. The van der Waals surface area contributed by atoms with Crippen LogP contribution in [-0.4, -0.2) is 37.1 Å². The Morgan fingerprint density at radius 3 is 2.79 bits per heavy atom. The van der Waals surface area contributed by atoms with Crippen molar-refractivity contribution in [3.05, 3.63) is 58.7 Å². The highest BCUT2D eigenvalue weighted by atomic mass is 32.1. The Hall–Kier alpha value is -3.52. The number of piperidine rings is 1. The van der Waals surface area contributed by atoms with Crippen LogP contribution in [0.25, 0.3) is 32.0 Å². The van der Waals surface area contributed by atoms with Crippen molar-refractivity contribution in [2.45, 2.75) is 32.7 Å². The molecule has 0 unspecified atom stereocenters.